The number of hydrogen-bond donors (Lipinski definition) is 1. The molecule has 11 heteroatoms. The first-order valence-electron chi connectivity index (χ1n) is 10.3. The molecule has 0 radical (unpaired) electrons. The largest absolute Gasteiger partial charge is 0.494 e. The van der Waals surface area contributed by atoms with Crippen LogP contribution in [0.4, 0.5) is 27.4 Å². The van der Waals surface area contributed by atoms with E-state index in [1.165, 1.54) is 13.3 Å². The van der Waals surface area contributed by atoms with E-state index in [2.05, 4.69) is 30.8 Å². The van der Waals surface area contributed by atoms with Gasteiger partial charge < -0.3 is 19.5 Å². The highest BCUT2D eigenvalue weighted by atomic mass is 19.1. The van der Waals surface area contributed by atoms with Crippen molar-refractivity contribution in [3.8, 4) is 23.1 Å². The van der Waals surface area contributed by atoms with Crippen LogP contribution in [0.3, 0.4) is 0 Å². The van der Waals surface area contributed by atoms with Crippen molar-refractivity contribution >= 4 is 33.9 Å². The highest BCUT2D eigenvalue weighted by molar-refractivity contribution is 6.03. The van der Waals surface area contributed by atoms with Crippen molar-refractivity contribution in [2.24, 2.45) is 0 Å². The molecule has 34 heavy (non-hydrogen) atoms. The average molecular weight is 459 g/mol. The zero-order valence-electron chi connectivity index (χ0n) is 18.2. The number of methoxy groups -OCH3 is 1. The van der Waals surface area contributed by atoms with Gasteiger partial charge in [-0.2, -0.15) is 9.65 Å². The van der Waals surface area contributed by atoms with E-state index in [9.17, 15) is 19.8 Å². The second-order valence-corrected chi connectivity index (χ2v) is 7.78. The number of hydrogen-bond acceptors (Lipinski definition) is 8. The lowest BCUT2D eigenvalue weighted by Gasteiger charge is -2.26. The van der Waals surface area contributed by atoms with Crippen molar-refractivity contribution in [1.82, 2.24) is 14.5 Å². The number of aromatic nitrogens is 3. The number of nitrogens with one attached hydrogen (secondary N) is 1. The van der Waals surface area contributed by atoms with Crippen molar-refractivity contribution in [2.45, 2.75) is 6.54 Å². The summed E-state index contributed by atoms with van der Waals surface area (Å²) in [6.45, 7) is 1.64. The van der Waals surface area contributed by atoms with Crippen molar-refractivity contribution in [3.63, 3.8) is 0 Å². The van der Waals surface area contributed by atoms with Crippen LogP contribution < -0.4 is 15.0 Å². The number of nitriles is 1. The summed E-state index contributed by atoms with van der Waals surface area (Å²) in [7, 11) is 3.36. The number of benzene rings is 2. The molecule has 0 saturated carbocycles. The van der Waals surface area contributed by atoms with E-state index in [0.29, 0.717) is 5.69 Å². The minimum absolute atomic E-state index is 0.0489. The predicted molar refractivity (Wildman–Crippen MR) is 124 cm³/mol. The van der Waals surface area contributed by atoms with Crippen LogP contribution in [0.5, 0.6) is 5.75 Å². The van der Waals surface area contributed by atoms with Gasteiger partial charge >= 0.3 is 5.69 Å². The zero-order chi connectivity index (χ0) is 24.0. The molecule has 0 saturated heterocycles. The van der Waals surface area contributed by atoms with Crippen molar-refractivity contribution < 1.29 is 14.1 Å². The van der Waals surface area contributed by atoms with Gasteiger partial charge in [0.2, 0.25) is 11.8 Å². The number of nitro benzene ring substituents is 1. The normalized spacial score (nSPS) is 12.5. The first kappa shape index (κ1) is 21.1. The van der Waals surface area contributed by atoms with Crippen molar-refractivity contribution in [2.75, 3.05) is 30.9 Å². The van der Waals surface area contributed by atoms with Crippen LogP contribution in [-0.2, 0) is 6.54 Å². The molecule has 1 aliphatic heterocycles. The van der Waals surface area contributed by atoms with Crippen LogP contribution in [0.1, 0.15) is 5.56 Å². The molecule has 2 aromatic heterocycles. The van der Waals surface area contributed by atoms with E-state index in [4.69, 9.17) is 4.74 Å². The van der Waals surface area contributed by atoms with Crippen molar-refractivity contribution in [3.05, 3.63) is 64.2 Å². The molecular weight excluding hydrogens is 441 g/mol. The molecule has 1 aliphatic rings. The number of nitrogens with zero attached hydrogens (tertiary/aromatic N) is 6. The monoisotopic (exact) mass is 459 g/mol. The van der Waals surface area contributed by atoms with E-state index in [1.54, 1.807) is 0 Å². The smallest absolute Gasteiger partial charge is 0.307 e. The molecule has 0 amide bonds. The first-order chi connectivity index (χ1) is 16.4. The lowest BCUT2D eigenvalue weighted by Crippen LogP contribution is -2.26. The summed E-state index contributed by atoms with van der Waals surface area (Å²) in [6.07, 6.45) is 3.35. The number of rotatable bonds is 5. The third-order valence-electron chi connectivity index (χ3n) is 5.84. The van der Waals surface area contributed by atoms with E-state index >= 15 is 0 Å². The quantitative estimate of drug-likeness (QED) is 0.348. The van der Waals surface area contributed by atoms with Gasteiger partial charge in [-0.05, 0) is 6.07 Å². The summed E-state index contributed by atoms with van der Waals surface area (Å²) in [6, 6.07) is 10.1. The van der Waals surface area contributed by atoms with Crippen LogP contribution in [0.25, 0.3) is 22.2 Å². The maximum atomic E-state index is 14.0. The summed E-state index contributed by atoms with van der Waals surface area (Å²) >= 11 is 0. The average Bonchev–Trinajstić information content (AvgIpc) is 3.21. The van der Waals surface area contributed by atoms with Crippen LogP contribution in [0.15, 0.2) is 42.7 Å². The molecule has 1 N–H and O–H groups in total. The van der Waals surface area contributed by atoms with Gasteiger partial charge in [-0.3, -0.25) is 10.1 Å². The summed E-state index contributed by atoms with van der Waals surface area (Å²) in [5.74, 6) is -0.891. The summed E-state index contributed by atoms with van der Waals surface area (Å²) in [5.41, 5.74) is 3.01. The molecule has 5 rings (SSSR count). The van der Waals surface area contributed by atoms with Gasteiger partial charge in [0, 0.05) is 49.4 Å². The Bertz CT molecular complexity index is 1510. The highest BCUT2D eigenvalue weighted by Crippen LogP contribution is 2.39. The fraction of sp³-hybridized carbons (Fsp3) is 0.174. The maximum absolute atomic E-state index is 14.0. The number of anilines is 3. The van der Waals surface area contributed by atoms with Crippen LogP contribution in [-0.4, -0.2) is 40.2 Å². The van der Waals surface area contributed by atoms with Gasteiger partial charge in [-0.25, -0.2) is 9.97 Å². The Morgan fingerprint density at radius 3 is 2.88 bits per heavy atom. The fourth-order valence-corrected chi connectivity index (χ4v) is 4.19. The minimum Gasteiger partial charge on any atom is -0.494 e. The molecule has 0 fully saturated rings. The van der Waals surface area contributed by atoms with E-state index in [1.807, 2.05) is 31.4 Å². The molecule has 0 unspecified atom stereocenters. The molecule has 0 aliphatic carbocycles. The fourth-order valence-electron chi connectivity index (χ4n) is 4.19. The Balaban J connectivity index is 1.64. The molecule has 3 heterocycles. The molecule has 0 bridgehead atoms. The molecule has 0 spiro atoms. The predicted octanol–water partition coefficient (Wildman–Crippen LogP) is 4.22. The SMILES string of the molecule is COc1cc(F)c([N+](=O)[O-])cc1Nc1ncc(C#N)c(-c2cn3c4c(cccc24)N(C)CC3)n1. The third kappa shape index (κ3) is 3.32. The first-order valence-corrected chi connectivity index (χ1v) is 10.3. The lowest BCUT2D eigenvalue weighted by molar-refractivity contribution is -0.387. The van der Waals surface area contributed by atoms with E-state index < -0.39 is 16.4 Å². The zero-order valence-corrected chi connectivity index (χ0v) is 18.2. The molecular formula is C23H18FN7O3. The van der Waals surface area contributed by atoms with Crippen LogP contribution in [0, 0.1) is 27.3 Å². The van der Waals surface area contributed by atoms with Gasteiger partial charge in [0.25, 0.3) is 0 Å². The number of halogens is 1. The van der Waals surface area contributed by atoms with Gasteiger partial charge in [0.05, 0.1) is 46.4 Å². The highest BCUT2D eigenvalue weighted by Gasteiger charge is 2.23. The molecule has 0 atom stereocenters. The number of nitro groups is 1. The Kier molecular flexibility index (Phi) is 4.98. The molecule has 2 aromatic carbocycles. The van der Waals surface area contributed by atoms with Gasteiger partial charge in [-0.1, -0.05) is 12.1 Å². The minimum atomic E-state index is -1.02. The second kappa shape index (κ2) is 8.00. The Morgan fingerprint density at radius 1 is 1.32 bits per heavy atom. The second-order valence-electron chi connectivity index (χ2n) is 7.78. The lowest BCUT2D eigenvalue weighted by atomic mass is 10.1. The molecule has 10 nitrogen and oxygen atoms in total. The van der Waals surface area contributed by atoms with Crippen LogP contribution in [0.2, 0.25) is 0 Å². The standard InChI is InChI=1S/C23H18FN7O3/c1-29-6-7-30-12-15(14-4-3-5-18(29)22(14)30)21-13(10-25)11-26-23(28-21)27-17-9-19(31(32)33)16(24)8-20(17)34-2/h3-5,8-9,11-12H,6-7H2,1-2H3,(H,26,27,28). The number of para-hydroxylation sites is 1. The van der Waals surface area contributed by atoms with Gasteiger partial charge in [-0.15, -0.1) is 0 Å². The van der Waals surface area contributed by atoms with E-state index in [-0.39, 0.29) is 22.9 Å². The third-order valence-corrected chi connectivity index (χ3v) is 5.84. The number of ether oxygens (including phenoxy) is 1. The Morgan fingerprint density at radius 2 is 2.15 bits per heavy atom. The maximum Gasteiger partial charge on any atom is 0.307 e. The van der Waals surface area contributed by atoms with Crippen LogP contribution >= 0.6 is 0 Å². The van der Waals surface area contributed by atoms with Gasteiger partial charge in [0.1, 0.15) is 11.8 Å². The molecule has 170 valence electrons. The Hall–Kier alpha value is -4.72. The van der Waals surface area contributed by atoms with Gasteiger partial charge in [0.15, 0.2) is 0 Å². The number of likely N-dealkylation sites (N-methyl/N-ethyl adjacent to an activating group) is 1. The Labute approximate surface area is 193 Å². The van der Waals surface area contributed by atoms with E-state index in [0.717, 1.165) is 47.4 Å². The van der Waals surface area contributed by atoms with Crippen molar-refractivity contribution in [1.29, 1.82) is 5.26 Å². The summed E-state index contributed by atoms with van der Waals surface area (Å²) in [5, 5.41) is 24.7. The molecule has 4 aromatic rings. The summed E-state index contributed by atoms with van der Waals surface area (Å²) < 4.78 is 21.3. The topological polar surface area (TPSA) is 122 Å². The summed E-state index contributed by atoms with van der Waals surface area (Å²) in [4.78, 5) is 21.3.